The molecule has 0 saturated carbocycles. The van der Waals surface area contributed by atoms with Crippen molar-refractivity contribution in [2.75, 3.05) is 15.7 Å². The topological polar surface area (TPSA) is 57.7 Å². The van der Waals surface area contributed by atoms with Gasteiger partial charge in [-0.1, -0.05) is 29.8 Å². The summed E-state index contributed by atoms with van der Waals surface area (Å²) >= 11 is 5.95. The zero-order valence-electron chi connectivity index (χ0n) is 13.3. The summed E-state index contributed by atoms with van der Waals surface area (Å²) in [5.74, 6) is -0.116. The van der Waals surface area contributed by atoms with Crippen molar-refractivity contribution in [1.82, 2.24) is 0 Å². The van der Waals surface area contributed by atoms with Crippen LogP contribution < -0.4 is 9.21 Å². The van der Waals surface area contributed by atoms with E-state index in [-0.39, 0.29) is 23.4 Å². The summed E-state index contributed by atoms with van der Waals surface area (Å²) in [4.78, 5) is 13.7. The molecule has 0 saturated heterocycles. The van der Waals surface area contributed by atoms with Crippen molar-refractivity contribution in [3.8, 4) is 0 Å². The van der Waals surface area contributed by atoms with Crippen LogP contribution in [-0.4, -0.2) is 26.9 Å². The molecule has 0 unspecified atom stereocenters. The van der Waals surface area contributed by atoms with Crippen LogP contribution in [-0.2, 0) is 14.8 Å². The molecule has 126 valence electrons. The number of halogens is 1. The van der Waals surface area contributed by atoms with Crippen molar-refractivity contribution in [2.45, 2.75) is 24.8 Å². The highest BCUT2D eigenvalue weighted by Crippen LogP contribution is 2.38. The van der Waals surface area contributed by atoms with Gasteiger partial charge in [0.15, 0.2) is 0 Å². The summed E-state index contributed by atoms with van der Waals surface area (Å²) in [6.45, 7) is 3.50. The largest absolute Gasteiger partial charge is 0.306 e. The van der Waals surface area contributed by atoms with Crippen LogP contribution in [0.3, 0.4) is 0 Å². The minimum atomic E-state index is -3.77. The summed E-state index contributed by atoms with van der Waals surface area (Å²) in [5, 5.41) is 0.361. The van der Waals surface area contributed by atoms with E-state index in [0.29, 0.717) is 16.4 Å². The van der Waals surface area contributed by atoms with Crippen LogP contribution in [0.1, 0.15) is 13.8 Å². The van der Waals surface area contributed by atoms with Crippen LogP contribution in [0.25, 0.3) is 0 Å². The van der Waals surface area contributed by atoms with Gasteiger partial charge in [-0.3, -0.25) is 9.10 Å². The number of nitrogens with zero attached hydrogens (tertiary/aromatic N) is 2. The average molecular weight is 365 g/mol. The Balaban J connectivity index is 2.15. The van der Waals surface area contributed by atoms with E-state index < -0.39 is 10.0 Å². The molecule has 0 aliphatic carbocycles. The van der Waals surface area contributed by atoms with Crippen molar-refractivity contribution in [3.63, 3.8) is 0 Å². The maximum Gasteiger partial charge on any atom is 0.264 e. The van der Waals surface area contributed by atoms with E-state index in [1.807, 2.05) is 6.92 Å². The number of carbonyl (C=O) groups excluding carboxylic acids is 1. The number of hydrogen-bond donors (Lipinski definition) is 0. The quantitative estimate of drug-likeness (QED) is 0.821. The van der Waals surface area contributed by atoms with Crippen molar-refractivity contribution in [2.24, 2.45) is 0 Å². The highest BCUT2D eigenvalue weighted by Gasteiger charge is 2.36. The monoisotopic (exact) mass is 364 g/mol. The summed E-state index contributed by atoms with van der Waals surface area (Å²) in [5.41, 5.74) is 1.08. The molecule has 7 heteroatoms. The fourth-order valence-electron chi connectivity index (χ4n) is 3.00. The molecule has 2 aromatic carbocycles. The van der Waals surface area contributed by atoms with Gasteiger partial charge in [-0.15, -0.1) is 0 Å². The lowest BCUT2D eigenvalue weighted by Gasteiger charge is -2.40. The standard InChI is InChI=1S/C17H17ClN2O3S/c1-12-11-19(24(22,23)15-7-5-6-14(18)10-15)16-8-3-4-9-17(16)20(12)13(2)21/h3-10,12H,11H2,1-2H3/t12-/m0/s1. The number of amides is 1. The fourth-order valence-corrected chi connectivity index (χ4v) is 4.86. The molecule has 3 rings (SSSR count). The van der Waals surface area contributed by atoms with Crippen LogP contribution in [0, 0.1) is 0 Å². The van der Waals surface area contributed by atoms with Gasteiger partial charge in [0.05, 0.1) is 28.9 Å². The van der Waals surface area contributed by atoms with Crippen molar-refractivity contribution in [1.29, 1.82) is 0 Å². The molecular weight excluding hydrogens is 348 g/mol. The summed E-state index contributed by atoms with van der Waals surface area (Å²) in [7, 11) is -3.77. The first-order valence-electron chi connectivity index (χ1n) is 7.49. The maximum atomic E-state index is 13.1. The Morgan fingerprint density at radius 3 is 2.42 bits per heavy atom. The normalized spacial score (nSPS) is 17.5. The van der Waals surface area contributed by atoms with Crippen molar-refractivity contribution >= 4 is 38.9 Å². The molecule has 0 spiro atoms. The third-order valence-electron chi connectivity index (χ3n) is 4.00. The summed E-state index contributed by atoms with van der Waals surface area (Å²) < 4.78 is 27.5. The minimum Gasteiger partial charge on any atom is -0.306 e. The molecule has 0 N–H and O–H groups in total. The lowest BCUT2D eigenvalue weighted by Crippen LogP contribution is -2.51. The molecule has 5 nitrogen and oxygen atoms in total. The lowest BCUT2D eigenvalue weighted by atomic mass is 10.1. The Morgan fingerprint density at radius 2 is 1.79 bits per heavy atom. The first kappa shape index (κ1) is 16.8. The highest BCUT2D eigenvalue weighted by molar-refractivity contribution is 7.92. The number of hydrogen-bond acceptors (Lipinski definition) is 3. The second kappa shape index (κ2) is 6.11. The molecule has 0 aromatic heterocycles. The number of para-hydroxylation sites is 2. The number of carbonyl (C=O) groups is 1. The highest BCUT2D eigenvalue weighted by atomic mass is 35.5. The van der Waals surface area contributed by atoms with E-state index in [2.05, 4.69) is 0 Å². The Labute approximate surface area is 146 Å². The Morgan fingerprint density at radius 1 is 1.12 bits per heavy atom. The molecule has 2 aromatic rings. The van der Waals surface area contributed by atoms with Gasteiger partial charge in [-0.25, -0.2) is 8.42 Å². The molecule has 0 radical (unpaired) electrons. The Bertz CT molecular complexity index is 898. The summed E-state index contributed by atoms with van der Waals surface area (Å²) in [6, 6.07) is 12.9. The first-order chi connectivity index (χ1) is 11.3. The second-order valence-electron chi connectivity index (χ2n) is 5.72. The van der Waals surface area contributed by atoms with Crippen LogP contribution >= 0.6 is 11.6 Å². The van der Waals surface area contributed by atoms with Gasteiger partial charge in [0.25, 0.3) is 10.0 Å². The Hall–Kier alpha value is -2.05. The minimum absolute atomic E-state index is 0.116. The van der Waals surface area contributed by atoms with Gasteiger partial charge in [0, 0.05) is 11.9 Å². The summed E-state index contributed by atoms with van der Waals surface area (Å²) in [6.07, 6.45) is 0. The first-order valence-corrected chi connectivity index (χ1v) is 9.31. The van der Waals surface area contributed by atoms with E-state index in [0.717, 1.165) is 0 Å². The number of benzene rings is 2. The van der Waals surface area contributed by atoms with E-state index in [1.54, 1.807) is 41.3 Å². The SMILES string of the molecule is CC(=O)N1c2ccccc2N(S(=O)(=O)c2cccc(Cl)c2)C[C@@H]1C. The average Bonchev–Trinajstić information content (AvgIpc) is 2.53. The number of anilines is 2. The number of sulfonamides is 1. The Kier molecular flexibility index (Phi) is 4.27. The van der Waals surface area contributed by atoms with Crippen LogP contribution in [0.5, 0.6) is 0 Å². The van der Waals surface area contributed by atoms with Gasteiger partial charge in [0.1, 0.15) is 0 Å². The van der Waals surface area contributed by atoms with Gasteiger partial charge in [0.2, 0.25) is 5.91 Å². The van der Waals surface area contributed by atoms with Gasteiger partial charge in [-0.2, -0.15) is 0 Å². The van der Waals surface area contributed by atoms with Gasteiger partial charge in [-0.05, 0) is 37.3 Å². The zero-order valence-corrected chi connectivity index (χ0v) is 14.9. The van der Waals surface area contributed by atoms with Crippen molar-refractivity contribution < 1.29 is 13.2 Å². The molecule has 1 amide bonds. The van der Waals surface area contributed by atoms with E-state index in [9.17, 15) is 13.2 Å². The third kappa shape index (κ3) is 2.76. The zero-order chi connectivity index (χ0) is 17.5. The predicted molar refractivity (Wildman–Crippen MR) is 95.0 cm³/mol. The molecule has 24 heavy (non-hydrogen) atoms. The molecule has 0 fully saturated rings. The third-order valence-corrected chi connectivity index (χ3v) is 6.01. The maximum absolute atomic E-state index is 13.1. The molecule has 1 atom stereocenters. The number of fused-ring (bicyclic) bond motifs is 1. The second-order valence-corrected chi connectivity index (χ2v) is 8.02. The van der Waals surface area contributed by atoms with Gasteiger partial charge < -0.3 is 4.90 Å². The molecule has 1 aliphatic rings. The van der Waals surface area contributed by atoms with Gasteiger partial charge >= 0.3 is 0 Å². The van der Waals surface area contributed by atoms with E-state index in [1.165, 1.54) is 23.4 Å². The predicted octanol–water partition coefficient (Wildman–Crippen LogP) is 3.29. The molecule has 1 heterocycles. The molecule has 1 aliphatic heterocycles. The smallest absolute Gasteiger partial charge is 0.264 e. The van der Waals surface area contributed by atoms with Crippen molar-refractivity contribution in [3.05, 3.63) is 53.6 Å². The van der Waals surface area contributed by atoms with Crippen LogP contribution in [0.15, 0.2) is 53.4 Å². The number of rotatable bonds is 2. The van der Waals surface area contributed by atoms with Crippen LogP contribution in [0.2, 0.25) is 5.02 Å². The molecule has 0 bridgehead atoms. The van der Waals surface area contributed by atoms with E-state index >= 15 is 0 Å². The molecular formula is C17H17ClN2O3S. The lowest BCUT2D eigenvalue weighted by molar-refractivity contribution is -0.117. The van der Waals surface area contributed by atoms with E-state index in [4.69, 9.17) is 11.6 Å². The van der Waals surface area contributed by atoms with Crippen LogP contribution in [0.4, 0.5) is 11.4 Å². The fraction of sp³-hybridized carbons (Fsp3) is 0.235.